The highest BCUT2D eigenvalue weighted by atomic mass is 35.5. The van der Waals surface area contributed by atoms with Gasteiger partial charge in [-0.05, 0) is 36.4 Å². The van der Waals surface area contributed by atoms with Crippen molar-refractivity contribution in [3.05, 3.63) is 53.2 Å². The Bertz CT molecular complexity index is 1140. The van der Waals surface area contributed by atoms with Gasteiger partial charge in [0.05, 0.1) is 0 Å². The van der Waals surface area contributed by atoms with Gasteiger partial charge in [0.15, 0.2) is 18.1 Å². The van der Waals surface area contributed by atoms with Crippen LogP contribution >= 0.6 is 11.6 Å². The van der Waals surface area contributed by atoms with E-state index >= 15 is 0 Å². The molecule has 9 nitrogen and oxygen atoms in total. The number of hydrogen-bond acceptors (Lipinski definition) is 7. The summed E-state index contributed by atoms with van der Waals surface area (Å²) in [5.74, 6) is -0.669. The van der Waals surface area contributed by atoms with E-state index in [1.807, 2.05) is 0 Å². The van der Waals surface area contributed by atoms with Crippen molar-refractivity contribution >= 4 is 46.2 Å². The van der Waals surface area contributed by atoms with E-state index in [0.717, 1.165) is 0 Å². The standard InChI is InChI=1S/C20H15ClN2O7/c21-12-1-3-14-11(7-12)8-17(30-14)19(25)29-10-18(24)23-20(26)22-13-2-4-15-16(9-13)28-6-5-27-15/h1-4,7-9H,5-6,10H2,(H2,22,23,24,26). The van der Waals surface area contributed by atoms with Crippen LogP contribution in [0.5, 0.6) is 11.5 Å². The number of esters is 1. The quantitative estimate of drug-likeness (QED) is 0.609. The molecule has 1 aromatic heterocycles. The van der Waals surface area contributed by atoms with Crippen molar-refractivity contribution in [2.45, 2.75) is 0 Å². The predicted octanol–water partition coefficient (Wildman–Crippen LogP) is 3.36. The summed E-state index contributed by atoms with van der Waals surface area (Å²) in [5.41, 5.74) is 0.858. The van der Waals surface area contributed by atoms with Crippen LogP contribution in [0.1, 0.15) is 10.6 Å². The lowest BCUT2D eigenvalue weighted by molar-refractivity contribution is -0.123. The number of imide groups is 1. The molecule has 0 spiro atoms. The molecule has 4 rings (SSSR count). The fourth-order valence-electron chi connectivity index (χ4n) is 2.76. The van der Waals surface area contributed by atoms with Crippen molar-refractivity contribution in [3.8, 4) is 11.5 Å². The fraction of sp³-hybridized carbons (Fsp3) is 0.150. The minimum absolute atomic E-state index is 0.0826. The largest absolute Gasteiger partial charge is 0.486 e. The maximum atomic E-state index is 12.1. The Morgan fingerprint density at radius 2 is 1.80 bits per heavy atom. The van der Waals surface area contributed by atoms with Crippen molar-refractivity contribution in [2.75, 3.05) is 25.1 Å². The molecule has 0 aliphatic carbocycles. The van der Waals surface area contributed by atoms with Crippen LogP contribution in [0, 0.1) is 0 Å². The number of ether oxygens (including phenoxy) is 3. The Hall–Kier alpha value is -3.72. The Balaban J connectivity index is 1.28. The van der Waals surface area contributed by atoms with E-state index in [1.165, 1.54) is 6.07 Å². The summed E-state index contributed by atoms with van der Waals surface area (Å²) in [7, 11) is 0. The Kier molecular flexibility index (Phi) is 5.44. The topological polar surface area (TPSA) is 116 Å². The molecule has 0 saturated heterocycles. The molecule has 0 radical (unpaired) electrons. The van der Waals surface area contributed by atoms with Crippen LogP contribution in [0.15, 0.2) is 46.9 Å². The first-order valence-corrected chi connectivity index (χ1v) is 9.22. The molecule has 0 atom stereocenters. The summed E-state index contributed by atoms with van der Waals surface area (Å²) in [6, 6.07) is 10.4. The van der Waals surface area contributed by atoms with Gasteiger partial charge in [0.25, 0.3) is 5.91 Å². The van der Waals surface area contributed by atoms with Gasteiger partial charge in [-0.1, -0.05) is 11.6 Å². The summed E-state index contributed by atoms with van der Waals surface area (Å²) in [5, 5.41) is 5.67. The Morgan fingerprint density at radius 1 is 1.00 bits per heavy atom. The zero-order valence-corrected chi connectivity index (χ0v) is 16.2. The molecule has 30 heavy (non-hydrogen) atoms. The molecule has 2 aromatic carbocycles. The van der Waals surface area contributed by atoms with Gasteiger partial charge in [-0.15, -0.1) is 0 Å². The number of benzene rings is 2. The second-order valence-electron chi connectivity index (χ2n) is 6.23. The number of amides is 3. The number of halogens is 1. The molecule has 2 N–H and O–H groups in total. The maximum Gasteiger partial charge on any atom is 0.374 e. The van der Waals surface area contributed by atoms with Gasteiger partial charge in [-0.2, -0.15) is 0 Å². The van der Waals surface area contributed by atoms with E-state index in [-0.39, 0.29) is 5.76 Å². The molecule has 2 heterocycles. The highest BCUT2D eigenvalue weighted by Crippen LogP contribution is 2.32. The zero-order valence-electron chi connectivity index (χ0n) is 15.4. The molecular formula is C20H15ClN2O7. The highest BCUT2D eigenvalue weighted by molar-refractivity contribution is 6.31. The molecule has 3 amide bonds. The van der Waals surface area contributed by atoms with Crippen molar-refractivity contribution in [1.82, 2.24) is 5.32 Å². The van der Waals surface area contributed by atoms with Crippen LogP contribution in [-0.4, -0.2) is 37.7 Å². The third-order valence-corrected chi connectivity index (χ3v) is 4.30. The van der Waals surface area contributed by atoms with E-state index < -0.39 is 24.5 Å². The van der Waals surface area contributed by atoms with E-state index in [0.29, 0.717) is 46.4 Å². The van der Waals surface area contributed by atoms with Gasteiger partial charge in [-0.3, -0.25) is 10.1 Å². The third kappa shape index (κ3) is 4.47. The lowest BCUT2D eigenvalue weighted by Gasteiger charge is -2.19. The molecule has 0 saturated carbocycles. The van der Waals surface area contributed by atoms with Crippen molar-refractivity contribution in [1.29, 1.82) is 0 Å². The summed E-state index contributed by atoms with van der Waals surface area (Å²) in [6.07, 6.45) is 0. The lowest BCUT2D eigenvalue weighted by atomic mass is 10.2. The summed E-state index contributed by atoms with van der Waals surface area (Å²) in [4.78, 5) is 35.9. The number of urea groups is 1. The third-order valence-electron chi connectivity index (χ3n) is 4.07. The number of fused-ring (bicyclic) bond motifs is 2. The lowest BCUT2D eigenvalue weighted by Crippen LogP contribution is -2.37. The predicted molar refractivity (Wildman–Crippen MR) is 106 cm³/mol. The number of nitrogens with one attached hydrogen (secondary N) is 2. The van der Waals surface area contributed by atoms with Crippen LogP contribution < -0.4 is 20.1 Å². The maximum absolute atomic E-state index is 12.1. The van der Waals surface area contributed by atoms with Crippen molar-refractivity contribution < 1.29 is 33.0 Å². The molecule has 154 valence electrons. The minimum atomic E-state index is -0.843. The van der Waals surface area contributed by atoms with Gasteiger partial charge in [0.2, 0.25) is 5.76 Å². The van der Waals surface area contributed by atoms with E-state index in [4.69, 9.17) is 30.2 Å². The summed E-state index contributed by atoms with van der Waals surface area (Å²) in [6.45, 7) is 0.200. The number of carbonyl (C=O) groups excluding carboxylic acids is 3. The first kappa shape index (κ1) is 19.6. The van der Waals surface area contributed by atoms with Crippen LogP contribution in [0.3, 0.4) is 0 Å². The van der Waals surface area contributed by atoms with Gasteiger partial charge < -0.3 is 23.9 Å². The number of anilines is 1. The highest BCUT2D eigenvalue weighted by Gasteiger charge is 2.17. The SMILES string of the molecule is O=C(COC(=O)c1cc2cc(Cl)ccc2o1)NC(=O)Nc1ccc2c(c1)OCCO2. The number of furan rings is 1. The van der Waals surface area contributed by atoms with Crippen LogP contribution in [-0.2, 0) is 9.53 Å². The monoisotopic (exact) mass is 430 g/mol. The normalized spacial score (nSPS) is 12.3. The molecule has 0 fully saturated rings. The van der Waals surface area contributed by atoms with Crippen LogP contribution in [0.4, 0.5) is 10.5 Å². The molecule has 0 bridgehead atoms. The Morgan fingerprint density at radius 3 is 2.63 bits per heavy atom. The smallest absolute Gasteiger partial charge is 0.374 e. The van der Waals surface area contributed by atoms with E-state index in [9.17, 15) is 14.4 Å². The second kappa shape index (κ2) is 8.34. The van der Waals surface area contributed by atoms with Crippen molar-refractivity contribution in [3.63, 3.8) is 0 Å². The zero-order chi connectivity index (χ0) is 21.1. The average Bonchev–Trinajstić information content (AvgIpc) is 3.15. The Labute approximate surface area is 174 Å². The first-order chi connectivity index (χ1) is 14.5. The molecule has 3 aromatic rings. The van der Waals surface area contributed by atoms with Crippen LogP contribution in [0.25, 0.3) is 11.0 Å². The van der Waals surface area contributed by atoms with Gasteiger partial charge in [0, 0.05) is 22.2 Å². The molecule has 0 unspecified atom stereocenters. The first-order valence-electron chi connectivity index (χ1n) is 8.84. The summed E-state index contributed by atoms with van der Waals surface area (Å²) >= 11 is 5.89. The molecule has 10 heteroatoms. The molecular weight excluding hydrogens is 416 g/mol. The number of carbonyl (C=O) groups is 3. The van der Waals surface area contributed by atoms with Crippen molar-refractivity contribution in [2.24, 2.45) is 0 Å². The average molecular weight is 431 g/mol. The fourth-order valence-corrected chi connectivity index (χ4v) is 2.94. The summed E-state index contributed by atoms with van der Waals surface area (Å²) < 4.78 is 21.1. The second-order valence-corrected chi connectivity index (χ2v) is 6.67. The number of rotatable bonds is 4. The molecule has 1 aliphatic rings. The van der Waals surface area contributed by atoms with Gasteiger partial charge in [0.1, 0.15) is 18.8 Å². The minimum Gasteiger partial charge on any atom is -0.486 e. The van der Waals surface area contributed by atoms with Gasteiger partial charge in [-0.25, -0.2) is 9.59 Å². The van der Waals surface area contributed by atoms with Crippen LogP contribution in [0.2, 0.25) is 5.02 Å². The number of hydrogen-bond donors (Lipinski definition) is 2. The van der Waals surface area contributed by atoms with E-state index in [2.05, 4.69) is 10.6 Å². The molecule has 1 aliphatic heterocycles. The van der Waals surface area contributed by atoms with Gasteiger partial charge >= 0.3 is 12.0 Å². The van der Waals surface area contributed by atoms with E-state index in [1.54, 1.807) is 36.4 Å².